The fraction of sp³-hybridized carbons (Fsp3) is 0.538. The van der Waals surface area contributed by atoms with Gasteiger partial charge in [-0.05, 0) is 37.3 Å². The van der Waals surface area contributed by atoms with Gasteiger partial charge >= 0.3 is 5.97 Å². The van der Waals surface area contributed by atoms with E-state index in [-0.39, 0.29) is 30.0 Å². The van der Waals surface area contributed by atoms with Crippen molar-refractivity contribution in [3.8, 4) is 0 Å². The number of hydrogen-bond donors (Lipinski definition) is 3. The molecule has 0 aliphatic heterocycles. The number of rotatable bonds is 10. The number of H-pyrrole nitrogens is 1. The van der Waals surface area contributed by atoms with E-state index in [1.54, 1.807) is 6.92 Å². The minimum absolute atomic E-state index is 0.0837. The fourth-order valence-electron chi connectivity index (χ4n) is 4.62. The maximum Gasteiger partial charge on any atom is 0.328 e. The molecule has 8 nitrogen and oxygen atoms in total. The average Bonchev–Trinajstić information content (AvgIpc) is 3.45. The summed E-state index contributed by atoms with van der Waals surface area (Å²) in [5, 5.41) is 6.08. The third-order valence-electron chi connectivity index (χ3n) is 6.39. The molecule has 1 aromatic carbocycles. The Balaban J connectivity index is 1.82. The molecule has 1 fully saturated rings. The standard InChI is InChI=1S/C26H35N3O5S/c1-5-34-24(32)21(14-18-15-27-20-11-7-6-10-19(18)20)28-25(33)26(12-8-9-13-26)29-23(31)22(16(2)3)35-17(4)30/h6-7,10-11,15-16,21-22,27H,5,8-9,12-14H2,1-4H3,(H,28,33)(H,29,31)/t21-,22-/m0/s1. The number of carbonyl (C=O) groups is 4. The van der Waals surface area contributed by atoms with E-state index in [0.717, 1.165) is 41.1 Å². The lowest BCUT2D eigenvalue weighted by molar-refractivity contribution is -0.148. The van der Waals surface area contributed by atoms with Gasteiger partial charge in [-0.25, -0.2) is 4.79 Å². The van der Waals surface area contributed by atoms with Gasteiger partial charge in [0.15, 0.2) is 5.12 Å². The van der Waals surface area contributed by atoms with Gasteiger partial charge in [0.05, 0.1) is 11.9 Å². The molecule has 0 saturated heterocycles. The van der Waals surface area contributed by atoms with E-state index in [2.05, 4.69) is 15.6 Å². The molecule has 3 N–H and O–H groups in total. The molecule has 0 spiro atoms. The van der Waals surface area contributed by atoms with E-state index < -0.39 is 28.7 Å². The monoisotopic (exact) mass is 501 g/mol. The molecule has 1 heterocycles. The Morgan fingerprint density at radius 3 is 2.46 bits per heavy atom. The quantitative estimate of drug-likeness (QED) is 0.429. The van der Waals surface area contributed by atoms with Gasteiger partial charge in [-0.3, -0.25) is 14.4 Å². The predicted molar refractivity (Wildman–Crippen MR) is 137 cm³/mol. The van der Waals surface area contributed by atoms with Gasteiger partial charge in [0, 0.05) is 30.4 Å². The van der Waals surface area contributed by atoms with Crippen LogP contribution in [0.25, 0.3) is 10.9 Å². The lowest BCUT2D eigenvalue weighted by Crippen LogP contribution is -2.61. The van der Waals surface area contributed by atoms with Crippen molar-refractivity contribution < 1.29 is 23.9 Å². The lowest BCUT2D eigenvalue weighted by Gasteiger charge is -2.32. The fourth-order valence-corrected chi connectivity index (χ4v) is 5.41. The second kappa shape index (κ2) is 11.7. The zero-order chi connectivity index (χ0) is 25.6. The smallest absolute Gasteiger partial charge is 0.328 e. The van der Waals surface area contributed by atoms with Crippen molar-refractivity contribution in [2.45, 2.75) is 76.6 Å². The number of nitrogens with one attached hydrogen (secondary N) is 3. The van der Waals surface area contributed by atoms with Gasteiger partial charge in [-0.1, -0.05) is 56.7 Å². The predicted octanol–water partition coefficient (Wildman–Crippen LogP) is 3.49. The zero-order valence-electron chi connectivity index (χ0n) is 20.8. The molecular weight excluding hydrogens is 466 g/mol. The number of fused-ring (bicyclic) bond motifs is 1. The highest BCUT2D eigenvalue weighted by atomic mass is 32.2. The first-order valence-corrected chi connectivity index (χ1v) is 13.1. The molecule has 1 saturated carbocycles. The largest absolute Gasteiger partial charge is 0.464 e. The number of thioether (sulfide) groups is 1. The molecule has 1 aliphatic carbocycles. The van der Waals surface area contributed by atoms with Crippen molar-refractivity contribution in [3.05, 3.63) is 36.0 Å². The summed E-state index contributed by atoms with van der Waals surface area (Å²) in [5.74, 6) is -1.32. The summed E-state index contributed by atoms with van der Waals surface area (Å²) in [6.45, 7) is 7.10. The highest BCUT2D eigenvalue weighted by molar-refractivity contribution is 8.14. The van der Waals surface area contributed by atoms with Crippen LogP contribution in [-0.2, 0) is 30.3 Å². The Morgan fingerprint density at radius 2 is 1.83 bits per heavy atom. The van der Waals surface area contributed by atoms with Crippen molar-refractivity contribution in [1.82, 2.24) is 15.6 Å². The summed E-state index contributed by atoms with van der Waals surface area (Å²) in [5.41, 5.74) is 0.715. The molecule has 1 aromatic heterocycles. The molecule has 2 atom stereocenters. The van der Waals surface area contributed by atoms with Crippen LogP contribution in [0.4, 0.5) is 0 Å². The minimum atomic E-state index is -1.12. The van der Waals surface area contributed by atoms with E-state index in [1.807, 2.05) is 44.3 Å². The number of esters is 1. The SMILES string of the molecule is CCOC(=O)[C@H](Cc1c[nH]c2ccccc12)NC(=O)C1(NC(=O)[C@@H](SC(C)=O)C(C)C)CCCC1. The van der Waals surface area contributed by atoms with Gasteiger partial charge in [0.1, 0.15) is 11.6 Å². The van der Waals surface area contributed by atoms with Crippen LogP contribution in [0.15, 0.2) is 30.5 Å². The molecule has 0 radical (unpaired) electrons. The topological polar surface area (TPSA) is 117 Å². The number of aromatic nitrogens is 1. The normalized spacial score (nSPS) is 16.6. The summed E-state index contributed by atoms with van der Waals surface area (Å²) >= 11 is 0.979. The number of para-hydroxylation sites is 1. The van der Waals surface area contributed by atoms with Crippen LogP contribution in [-0.4, -0.2) is 51.3 Å². The van der Waals surface area contributed by atoms with Crippen LogP contribution in [0.2, 0.25) is 0 Å². The third-order valence-corrected chi connectivity index (χ3v) is 7.73. The van der Waals surface area contributed by atoms with Crippen molar-refractivity contribution >= 4 is 45.6 Å². The van der Waals surface area contributed by atoms with Gasteiger partial charge in [-0.15, -0.1) is 0 Å². The molecule has 3 rings (SSSR count). The molecule has 35 heavy (non-hydrogen) atoms. The summed E-state index contributed by atoms with van der Waals surface area (Å²) in [6.07, 6.45) is 4.61. The van der Waals surface area contributed by atoms with E-state index in [0.29, 0.717) is 12.8 Å². The lowest BCUT2D eigenvalue weighted by atomic mass is 9.94. The first-order valence-electron chi connectivity index (χ1n) is 12.2. The molecule has 2 amide bonds. The first kappa shape index (κ1) is 26.8. The van der Waals surface area contributed by atoms with Crippen LogP contribution in [0.1, 0.15) is 58.9 Å². The van der Waals surface area contributed by atoms with E-state index in [4.69, 9.17) is 4.74 Å². The summed E-state index contributed by atoms with van der Waals surface area (Å²) < 4.78 is 5.26. The maximum absolute atomic E-state index is 13.6. The van der Waals surface area contributed by atoms with Crippen LogP contribution in [0, 0.1) is 5.92 Å². The molecule has 190 valence electrons. The molecular formula is C26H35N3O5S. The summed E-state index contributed by atoms with van der Waals surface area (Å²) in [7, 11) is 0. The van der Waals surface area contributed by atoms with Crippen LogP contribution < -0.4 is 10.6 Å². The van der Waals surface area contributed by atoms with Gasteiger partial charge < -0.3 is 20.4 Å². The van der Waals surface area contributed by atoms with E-state index in [1.165, 1.54) is 6.92 Å². The van der Waals surface area contributed by atoms with Crippen LogP contribution in [0.5, 0.6) is 0 Å². The van der Waals surface area contributed by atoms with Crippen molar-refractivity contribution in [1.29, 1.82) is 0 Å². The summed E-state index contributed by atoms with van der Waals surface area (Å²) in [4.78, 5) is 54.5. The second-order valence-electron chi connectivity index (χ2n) is 9.39. The van der Waals surface area contributed by atoms with E-state index >= 15 is 0 Å². The second-order valence-corrected chi connectivity index (χ2v) is 10.7. The van der Waals surface area contributed by atoms with Crippen molar-refractivity contribution in [2.75, 3.05) is 6.61 Å². The molecule has 0 bridgehead atoms. The number of ether oxygens (including phenoxy) is 1. The molecule has 1 aliphatic rings. The van der Waals surface area contributed by atoms with Gasteiger partial charge in [0.2, 0.25) is 11.8 Å². The van der Waals surface area contributed by atoms with Gasteiger partial charge in [-0.2, -0.15) is 0 Å². The Hall–Kier alpha value is -2.81. The maximum atomic E-state index is 13.6. The van der Waals surface area contributed by atoms with Crippen molar-refractivity contribution in [2.24, 2.45) is 5.92 Å². The summed E-state index contributed by atoms with van der Waals surface area (Å²) in [6, 6.07) is 6.86. The van der Waals surface area contributed by atoms with Gasteiger partial charge in [0.25, 0.3) is 0 Å². The number of carbonyl (C=O) groups excluding carboxylic acids is 4. The van der Waals surface area contributed by atoms with Crippen LogP contribution >= 0.6 is 11.8 Å². The highest BCUT2D eigenvalue weighted by Gasteiger charge is 2.45. The van der Waals surface area contributed by atoms with Crippen molar-refractivity contribution in [3.63, 3.8) is 0 Å². The Bertz CT molecular complexity index is 1070. The Morgan fingerprint density at radius 1 is 1.14 bits per heavy atom. The number of aromatic amines is 1. The van der Waals surface area contributed by atoms with E-state index in [9.17, 15) is 19.2 Å². The number of hydrogen-bond acceptors (Lipinski definition) is 6. The zero-order valence-corrected chi connectivity index (χ0v) is 21.6. The first-order chi connectivity index (χ1) is 16.7. The molecule has 9 heteroatoms. The molecule has 0 unspecified atom stereocenters. The number of benzene rings is 1. The average molecular weight is 502 g/mol. The third kappa shape index (κ3) is 6.45. The molecule has 2 aromatic rings. The Labute approximate surface area is 210 Å². The minimum Gasteiger partial charge on any atom is -0.464 e. The highest BCUT2D eigenvalue weighted by Crippen LogP contribution is 2.32. The van der Waals surface area contributed by atoms with Crippen LogP contribution in [0.3, 0.4) is 0 Å². The Kier molecular flexibility index (Phi) is 8.99. The number of amides is 2.